The van der Waals surface area contributed by atoms with E-state index in [1.807, 2.05) is 30.3 Å². The van der Waals surface area contributed by atoms with Crippen LogP contribution < -0.4 is 10.1 Å². The van der Waals surface area contributed by atoms with Crippen LogP contribution in [0.3, 0.4) is 0 Å². The van der Waals surface area contributed by atoms with Gasteiger partial charge < -0.3 is 0 Å². The van der Waals surface area contributed by atoms with Crippen LogP contribution in [0.1, 0.15) is 12.5 Å². The van der Waals surface area contributed by atoms with Gasteiger partial charge in [0.15, 0.2) is 0 Å². The second kappa shape index (κ2) is 6.29. The number of nitrogens with zero attached hydrogens (tertiary/aromatic N) is 2. The molecule has 1 aromatic heterocycles. The van der Waals surface area contributed by atoms with Crippen LogP contribution in [0.15, 0.2) is 42.5 Å². The van der Waals surface area contributed by atoms with Gasteiger partial charge in [-0.2, -0.15) is 0 Å². The van der Waals surface area contributed by atoms with Gasteiger partial charge in [0.2, 0.25) is 0 Å². The molecule has 4 nitrogen and oxygen atoms in total. The Labute approximate surface area is 130 Å². The first-order valence-electron chi connectivity index (χ1n) is 6.87. The van der Waals surface area contributed by atoms with E-state index >= 15 is 0 Å². The summed E-state index contributed by atoms with van der Waals surface area (Å²) >= 11 is 0.00596. The number of rotatable bonds is 5. The maximum absolute atomic E-state index is 5.41. The molecule has 0 bridgehead atoms. The van der Waals surface area contributed by atoms with Crippen molar-refractivity contribution in [1.82, 2.24) is 7.96 Å². The van der Waals surface area contributed by atoms with Crippen LogP contribution in [0.2, 0.25) is 0 Å². The Bertz CT molecular complexity index is 741. The number of anilines is 1. The van der Waals surface area contributed by atoms with E-state index in [0.717, 1.165) is 28.9 Å². The summed E-state index contributed by atoms with van der Waals surface area (Å²) in [5, 5.41) is 3.54. The van der Waals surface area contributed by atoms with Gasteiger partial charge in [0.1, 0.15) is 0 Å². The van der Waals surface area contributed by atoms with Crippen LogP contribution in [0, 0.1) is 0 Å². The standard InChI is InChI=1S/C16H17N3OSe/c1-11(10-12-6-3-4-9-15(12)20-2)17-13-7-5-8-14-16(13)19-21-18-14/h3-9,11,17H,10H2,1-2H3. The molecule has 0 aliphatic carbocycles. The maximum atomic E-state index is 5.41. The average Bonchev–Trinajstić information content (AvgIpc) is 2.97. The van der Waals surface area contributed by atoms with Crippen molar-refractivity contribution >= 4 is 31.7 Å². The van der Waals surface area contributed by atoms with Gasteiger partial charge in [-0.3, -0.25) is 0 Å². The quantitative estimate of drug-likeness (QED) is 0.722. The Morgan fingerprint density at radius 3 is 2.86 bits per heavy atom. The molecular formula is C16H17N3OSe. The van der Waals surface area contributed by atoms with E-state index < -0.39 is 0 Å². The van der Waals surface area contributed by atoms with Gasteiger partial charge in [-0.05, 0) is 0 Å². The number of nitrogens with one attached hydrogen (secondary N) is 1. The zero-order chi connectivity index (χ0) is 14.7. The topological polar surface area (TPSA) is 47.0 Å². The molecule has 0 aliphatic heterocycles. The van der Waals surface area contributed by atoms with Gasteiger partial charge in [0.05, 0.1) is 0 Å². The first kappa shape index (κ1) is 14.1. The van der Waals surface area contributed by atoms with Crippen LogP contribution in [0.5, 0.6) is 5.75 Å². The molecule has 1 heterocycles. The van der Waals surface area contributed by atoms with E-state index in [4.69, 9.17) is 4.74 Å². The van der Waals surface area contributed by atoms with E-state index in [-0.39, 0.29) is 21.0 Å². The Morgan fingerprint density at radius 1 is 1.14 bits per heavy atom. The number of fused-ring (bicyclic) bond motifs is 1. The Balaban J connectivity index is 1.77. The fourth-order valence-electron chi connectivity index (χ4n) is 2.44. The van der Waals surface area contributed by atoms with Crippen LogP contribution >= 0.6 is 0 Å². The van der Waals surface area contributed by atoms with Gasteiger partial charge in [-0.25, -0.2) is 0 Å². The number of hydrogen-bond donors (Lipinski definition) is 1. The fraction of sp³-hybridized carbons (Fsp3) is 0.250. The molecule has 21 heavy (non-hydrogen) atoms. The summed E-state index contributed by atoms with van der Waals surface area (Å²) in [7, 11) is 1.71. The summed E-state index contributed by atoms with van der Waals surface area (Å²) in [4.78, 5) is 0. The van der Waals surface area contributed by atoms with Crippen LogP contribution in [-0.4, -0.2) is 36.1 Å². The summed E-state index contributed by atoms with van der Waals surface area (Å²) in [6, 6.07) is 14.5. The number of benzene rings is 2. The minimum atomic E-state index is 0.00596. The fourth-order valence-corrected chi connectivity index (χ4v) is 3.59. The first-order valence-corrected chi connectivity index (χ1v) is 8.41. The monoisotopic (exact) mass is 347 g/mol. The van der Waals surface area contributed by atoms with Crippen molar-refractivity contribution in [2.75, 3.05) is 12.4 Å². The van der Waals surface area contributed by atoms with E-state index in [1.165, 1.54) is 5.56 Å². The summed E-state index contributed by atoms with van der Waals surface area (Å²) in [5.41, 5.74) is 4.28. The molecule has 1 unspecified atom stereocenters. The summed E-state index contributed by atoms with van der Waals surface area (Å²) in [6.45, 7) is 2.17. The molecule has 0 saturated heterocycles. The molecule has 0 spiro atoms. The van der Waals surface area contributed by atoms with Gasteiger partial charge in [-0.1, -0.05) is 0 Å². The van der Waals surface area contributed by atoms with Gasteiger partial charge >= 0.3 is 130 Å². The zero-order valence-corrected chi connectivity index (χ0v) is 13.7. The number of hydrogen-bond acceptors (Lipinski definition) is 4. The molecule has 3 aromatic rings. The zero-order valence-electron chi connectivity index (χ0n) is 12.0. The van der Waals surface area contributed by atoms with Crippen molar-refractivity contribution in [1.29, 1.82) is 0 Å². The number of methoxy groups -OCH3 is 1. The molecule has 1 N–H and O–H groups in total. The van der Waals surface area contributed by atoms with Crippen LogP contribution in [0.25, 0.3) is 11.0 Å². The second-order valence-corrected chi connectivity index (χ2v) is 6.11. The first-order chi connectivity index (χ1) is 10.3. The average molecular weight is 346 g/mol. The third-order valence-corrected chi connectivity index (χ3v) is 4.54. The number of ether oxygens (including phenoxy) is 1. The molecule has 1 atom stereocenters. The molecule has 5 heteroatoms. The summed E-state index contributed by atoms with van der Waals surface area (Å²) in [5.74, 6) is 0.937. The van der Waals surface area contributed by atoms with E-state index in [2.05, 4.69) is 32.3 Å². The van der Waals surface area contributed by atoms with E-state index in [1.54, 1.807) is 7.11 Å². The molecule has 0 aliphatic rings. The van der Waals surface area contributed by atoms with Crippen molar-refractivity contribution in [3.05, 3.63) is 48.0 Å². The third kappa shape index (κ3) is 3.09. The SMILES string of the molecule is COc1ccccc1CC(C)Nc1cccc2n[se]nc12. The molecule has 2 aromatic carbocycles. The number of para-hydroxylation sites is 1. The Kier molecular flexibility index (Phi) is 4.23. The normalized spacial score (nSPS) is 12.3. The Morgan fingerprint density at radius 2 is 2.00 bits per heavy atom. The molecule has 0 amide bonds. The Hall–Kier alpha value is -1.84. The summed E-state index contributed by atoms with van der Waals surface area (Å²) in [6.07, 6.45) is 0.899. The number of aromatic nitrogens is 2. The molecule has 3 rings (SSSR count). The van der Waals surface area contributed by atoms with Crippen molar-refractivity contribution < 1.29 is 4.74 Å². The predicted octanol–water partition coefficient (Wildman–Crippen LogP) is 2.74. The van der Waals surface area contributed by atoms with Crippen LogP contribution in [0.4, 0.5) is 5.69 Å². The van der Waals surface area contributed by atoms with E-state index in [0.29, 0.717) is 0 Å². The van der Waals surface area contributed by atoms with Gasteiger partial charge in [0, 0.05) is 0 Å². The van der Waals surface area contributed by atoms with E-state index in [9.17, 15) is 0 Å². The van der Waals surface area contributed by atoms with Crippen molar-refractivity contribution in [3.63, 3.8) is 0 Å². The van der Waals surface area contributed by atoms with Gasteiger partial charge in [-0.15, -0.1) is 0 Å². The molecule has 0 saturated carbocycles. The second-order valence-electron chi connectivity index (χ2n) is 5.00. The van der Waals surface area contributed by atoms with Crippen molar-refractivity contribution in [2.24, 2.45) is 0 Å². The van der Waals surface area contributed by atoms with Crippen LogP contribution in [-0.2, 0) is 6.42 Å². The van der Waals surface area contributed by atoms with Crippen molar-refractivity contribution in [3.8, 4) is 5.75 Å². The molecular weight excluding hydrogens is 329 g/mol. The minimum absolute atomic E-state index is 0.00596. The molecule has 0 fully saturated rings. The molecule has 0 radical (unpaired) electrons. The third-order valence-electron chi connectivity index (χ3n) is 3.41. The van der Waals surface area contributed by atoms with Gasteiger partial charge in [0.25, 0.3) is 0 Å². The van der Waals surface area contributed by atoms with Crippen molar-refractivity contribution in [2.45, 2.75) is 19.4 Å². The predicted molar refractivity (Wildman–Crippen MR) is 86.3 cm³/mol. The molecule has 108 valence electrons. The summed E-state index contributed by atoms with van der Waals surface area (Å²) < 4.78 is 14.3.